The number of aliphatic hydroxyl groups is 1. The van der Waals surface area contributed by atoms with Crippen molar-refractivity contribution in [2.24, 2.45) is 11.8 Å². The SMILES string of the molecule is COc1ccc2c3c1O[C@H]1[C@H](N(CC(C)C)C(=O)Cc4ccc(Cl)c(Cl)c4)CC[C@H]4[C@@H](C2)N(CC(O)c2ccccc2)CC[C@@]341. The summed E-state index contributed by atoms with van der Waals surface area (Å²) in [6.45, 7) is 6.47. The third-order valence-corrected chi connectivity index (χ3v) is 11.6. The van der Waals surface area contributed by atoms with Crippen molar-refractivity contribution in [2.75, 3.05) is 26.7 Å². The van der Waals surface area contributed by atoms with Gasteiger partial charge < -0.3 is 19.5 Å². The first-order chi connectivity index (χ1) is 21.7. The molecule has 45 heavy (non-hydrogen) atoms. The summed E-state index contributed by atoms with van der Waals surface area (Å²) >= 11 is 12.5. The predicted octanol–water partition coefficient (Wildman–Crippen LogP) is 6.87. The smallest absolute Gasteiger partial charge is 0.227 e. The van der Waals surface area contributed by atoms with E-state index < -0.39 is 6.10 Å². The standard InChI is InChI=1S/C37H42Cl2N2O4/c1-22(2)20-41(33(43)18-23-9-12-27(38)28(39)17-23)29-13-11-26-30-19-25-10-14-32(44-3)35-34(25)37(26,36(29)45-35)15-16-40(30)21-31(42)24-7-5-4-6-8-24/h4-10,12,14,17,22,26,29-31,36,42H,11,13,15-16,18-21H2,1-3H3/t26-,29+,30+,31?,36-,37-/m0/s1. The van der Waals surface area contributed by atoms with Crippen molar-refractivity contribution in [1.29, 1.82) is 0 Å². The third-order valence-electron chi connectivity index (χ3n) is 10.8. The summed E-state index contributed by atoms with van der Waals surface area (Å²) in [5, 5.41) is 12.2. The van der Waals surface area contributed by atoms with Gasteiger partial charge >= 0.3 is 0 Å². The molecule has 6 atom stereocenters. The molecule has 1 unspecified atom stereocenters. The van der Waals surface area contributed by atoms with Crippen LogP contribution in [0.1, 0.15) is 61.5 Å². The first-order valence-corrected chi connectivity index (χ1v) is 17.0. The molecule has 2 aliphatic heterocycles. The summed E-state index contributed by atoms with van der Waals surface area (Å²) in [7, 11) is 1.71. The van der Waals surface area contributed by atoms with Gasteiger partial charge in [0, 0.05) is 30.1 Å². The van der Waals surface area contributed by atoms with Gasteiger partial charge in [0.15, 0.2) is 11.5 Å². The molecule has 0 radical (unpaired) electrons. The molecular weight excluding hydrogens is 607 g/mol. The van der Waals surface area contributed by atoms with Gasteiger partial charge in [0.2, 0.25) is 5.91 Å². The number of halogens is 2. The number of hydrogen-bond acceptors (Lipinski definition) is 5. The van der Waals surface area contributed by atoms with E-state index in [0.29, 0.717) is 41.0 Å². The van der Waals surface area contributed by atoms with Gasteiger partial charge in [-0.15, -0.1) is 0 Å². The van der Waals surface area contributed by atoms with E-state index in [9.17, 15) is 9.90 Å². The molecule has 2 aliphatic carbocycles. The van der Waals surface area contributed by atoms with Crippen molar-refractivity contribution >= 4 is 29.1 Å². The Kier molecular flexibility index (Phi) is 8.31. The maximum Gasteiger partial charge on any atom is 0.227 e. The minimum absolute atomic E-state index is 0.0657. The fourth-order valence-corrected chi connectivity index (χ4v) is 9.36. The molecule has 2 bridgehead atoms. The number of aliphatic hydroxyl groups excluding tert-OH is 1. The number of carbonyl (C=O) groups is 1. The Morgan fingerprint density at radius 1 is 1.11 bits per heavy atom. The van der Waals surface area contributed by atoms with Crippen LogP contribution in [0.3, 0.4) is 0 Å². The van der Waals surface area contributed by atoms with Crippen LogP contribution in [0.25, 0.3) is 0 Å². The fourth-order valence-electron chi connectivity index (χ4n) is 9.04. The second-order valence-corrected chi connectivity index (χ2v) is 14.6. The van der Waals surface area contributed by atoms with E-state index in [4.69, 9.17) is 32.7 Å². The zero-order chi connectivity index (χ0) is 31.5. The molecule has 1 amide bonds. The van der Waals surface area contributed by atoms with E-state index in [0.717, 1.165) is 54.9 Å². The summed E-state index contributed by atoms with van der Waals surface area (Å²) in [6.07, 6.45) is 3.26. The maximum atomic E-state index is 14.2. The molecule has 1 saturated heterocycles. The van der Waals surface area contributed by atoms with E-state index in [1.807, 2.05) is 42.5 Å². The maximum absolute atomic E-state index is 14.2. The van der Waals surface area contributed by atoms with Gasteiger partial charge in [-0.1, -0.05) is 79.5 Å². The van der Waals surface area contributed by atoms with Crippen LogP contribution in [-0.2, 0) is 23.1 Å². The van der Waals surface area contributed by atoms with Crippen molar-refractivity contribution in [2.45, 2.75) is 75.7 Å². The van der Waals surface area contributed by atoms with Crippen molar-refractivity contribution < 1.29 is 19.4 Å². The molecule has 3 aromatic rings. The van der Waals surface area contributed by atoms with E-state index in [1.165, 1.54) is 11.1 Å². The lowest BCUT2D eigenvalue weighted by molar-refractivity contribution is -0.143. The zero-order valence-electron chi connectivity index (χ0n) is 26.2. The number of ether oxygens (including phenoxy) is 2. The Hall–Kier alpha value is -2.77. The van der Waals surface area contributed by atoms with Gasteiger partial charge in [-0.25, -0.2) is 0 Å². The van der Waals surface area contributed by atoms with Crippen molar-refractivity contribution in [3.63, 3.8) is 0 Å². The highest BCUT2D eigenvalue weighted by atomic mass is 35.5. The monoisotopic (exact) mass is 648 g/mol. The molecule has 8 heteroatoms. The lowest BCUT2D eigenvalue weighted by atomic mass is 9.51. The molecule has 4 aliphatic rings. The highest BCUT2D eigenvalue weighted by Crippen LogP contribution is 2.64. The molecule has 0 aromatic heterocycles. The average molecular weight is 650 g/mol. The molecule has 6 nitrogen and oxygen atoms in total. The van der Waals surface area contributed by atoms with Crippen LogP contribution in [-0.4, -0.2) is 65.7 Å². The number of hydrogen-bond donors (Lipinski definition) is 1. The molecule has 1 N–H and O–H groups in total. The van der Waals surface area contributed by atoms with Crippen LogP contribution in [0.5, 0.6) is 11.5 Å². The Labute approximate surface area is 276 Å². The molecule has 1 spiro atoms. The number of β-amino-alcohol motifs (C(OH)–C–C–N with tert-alkyl or cyclic N) is 1. The van der Waals surface area contributed by atoms with Crippen molar-refractivity contribution in [3.8, 4) is 11.5 Å². The minimum atomic E-state index is -0.541. The van der Waals surface area contributed by atoms with E-state index >= 15 is 0 Å². The summed E-state index contributed by atoms with van der Waals surface area (Å²) in [5.41, 5.74) is 4.22. The number of methoxy groups -OCH3 is 1. The number of piperidine rings is 1. The molecule has 3 aromatic carbocycles. The van der Waals surface area contributed by atoms with Crippen LogP contribution in [0, 0.1) is 11.8 Å². The molecule has 1 saturated carbocycles. The first-order valence-electron chi connectivity index (χ1n) is 16.3. The fraction of sp³-hybridized carbons (Fsp3) is 0.486. The van der Waals surface area contributed by atoms with Gasteiger partial charge in [-0.3, -0.25) is 9.69 Å². The summed E-state index contributed by atoms with van der Waals surface area (Å²) in [5.74, 6) is 2.39. The minimum Gasteiger partial charge on any atom is -0.493 e. The Balaban J connectivity index is 1.24. The predicted molar refractivity (Wildman–Crippen MR) is 177 cm³/mol. The van der Waals surface area contributed by atoms with Crippen LogP contribution >= 0.6 is 23.2 Å². The largest absolute Gasteiger partial charge is 0.493 e. The molecule has 2 fully saturated rings. The lowest BCUT2D eigenvalue weighted by Gasteiger charge is -2.60. The molecular formula is C37H42Cl2N2O4. The van der Waals surface area contributed by atoms with Crippen LogP contribution in [0.2, 0.25) is 10.0 Å². The Morgan fingerprint density at radius 2 is 1.91 bits per heavy atom. The molecule has 2 heterocycles. The quantitative estimate of drug-likeness (QED) is 0.274. The van der Waals surface area contributed by atoms with Gasteiger partial charge in [-0.2, -0.15) is 0 Å². The van der Waals surface area contributed by atoms with Crippen molar-refractivity contribution in [1.82, 2.24) is 9.80 Å². The van der Waals surface area contributed by atoms with Crippen molar-refractivity contribution in [3.05, 3.63) is 93.0 Å². The third kappa shape index (κ3) is 5.22. The van der Waals surface area contributed by atoms with Gasteiger partial charge in [0.25, 0.3) is 0 Å². The van der Waals surface area contributed by atoms with Crippen LogP contribution in [0.15, 0.2) is 60.7 Å². The van der Waals surface area contributed by atoms with Crippen LogP contribution in [0.4, 0.5) is 0 Å². The second-order valence-electron chi connectivity index (χ2n) is 13.8. The average Bonchev–Trinajstić information content (AvgIpc) is 3.38. The van der Waals surface area contributed by atoms with Gasteiger partial charge in [0.05, 0.1) is 35.7 Å². The summed E-state index contributed by atoms with van der Waals surface area (Å²) in [6, 6.07) is 19.9. The number of likely N-dealkylation sites (tertiary alicyclic amines) is 1. The Morgan fingerprint density at radius 3 is 2.64 bits per heavy atom. The van der Waals surface area contributed by atoms with Gasteiger partial charge in [-0.05, 0) is 79.0 Å². The highest BCUT2D eigenvalue weighted by molar-refractivity contribution is 6.42. The highest BCUT2D eigenvalue weighted by Gasteiger charge is 2.66. The van der Waals surface area contributed by atoms with Crippen LogP contribution < -0.4 is 9.47 Å². The normalized spacial score (nSPS) is 27.1. The van der Waals surface area contributed by atoms with E-state index in [2.05, 4.69) is 29.7 Å². The number of rotatable bonds is 9. The molecule has 238 valence electrons. The number of amides is 1. The summed E-state index contributed by atoms with van der Waals surface area (Å²) < 4.78 is 12.9. The van der Waals surface area contributed by atoms with E-state index in [-0.39, 0.29) is 29.9 Å². The Bertz CT molecular complexity index is 1580. The summed E-state index contributed by atoms with van der Waals surface area (Å²) in [4.78, 5) is 18.8. The van der Waals surface area contributed by atoms with E-state index in [1.54, 1.807) is 19.2 Å². The first kappa shape index (κ1) is 30.9. The van der Waals surface area contributed by atoms with Gasteiger partial charge in [0.1, 0.15) is 6.10 Å². The lowest BCUT2D eigenvalue weighted by Crippen LogP contribution is -2.69. The molecule has 7 rings (SSSR count). The zero-order valence-corrected chi connectivity index (χ0v) is 27.7. The topological polar surface area (TPSA) is 62.2 Å². The second kappa shape index (κ2) is 12.1. The number of carbonyl (C=O) groups excluding carboxylic acids is 1. The number of benzene rings is 3. The number of nitrogens with zero attached hydrogens (tertiary/aromatic N) is 2.